The Morgan fingerprint density at radius 1 is 1.52 bits per heavy atom. The average molecular weight is 299 g/mol. The van der Waals surface area contributed by atoms with Gasteiger partial charge >= 0.3 is 0 Å². The van der Waals surface area contributed by atoms with Gasteiger partial charge < -0.3 is 5.32 Å². The minimum Gasteiger partial charge on any atom is -0.323 e. The van der Waals surface area contributed by atoms with E-state index in [0.29, 0.717) is 0 Å². The van der Waals surface area contributed by atoms with E-state index in [2.05, 4.69) is 22.0 Å². The fourth-order valence-corrected chi connectivity index (χ4v) is 2.35. The van der Waals surface area contributed by atoms with E-state index < -0.39 is 0 Å². The second-order valence-electron chi connectivity index (χ2n) is 4.02. The fraction of sp³-hybridized carbons (Fsp3) is 0.143. The lowest BCUT2D eigenvalue weighted by molar-refractivity contribution is -0.116. The first-order valence-corrected chi connectivity index (χ1v) is 7.13. The standard InChI is InChI=1S/C14H13N5OS/c1-2-7-21-12-6-4-3-5-11(12)17-14(20)9-19-10-16-13(8-15)18-19/h2-6,10H,1,7,9H2,(H,17,20). The third-order valence-corrected chi connectivity index (χ3v) is 3.53. The predicted molar refractivity (Wildman–Crippen MR) is 80.7 cm³/mol. The molecule has 106 valence electrons. The van der Waals surface area contributed by atoms with Crippen LogP contribution in [0.3, 0.4) is 0 Å². The molecule has 0 unspecified atom stereocenters. The topological polar surface area (TPSA) is 83.6 Å². The lowest BCUT2D eigenvalue weighted by atomic mass is 10.3. The molecule has 2 rings (SSSR count). The van der Waals surface area contributed by atoms with Gasteiger partial charge in [0.2, 0.25) is 5.91 Å². The summed E-state index contributed by atoms with van der Waals surface area (Å²) in [6.07, 6.45) is 3.17. The summed E-state index contributed by atoms with van der Waals surface area (Å²) in [6, 6.07) is 9.36. The van der Waals surface area contributed by atoms with E-state index in [4.69, 9.17) is 5.26 Å². The van der Waals surface area contributed by atoms with Crippen molar-refractivity contribution in [1.29, 1.82) is 5.26 Å². The largest absolute Gasteiger partial charge is 0.323 e. The lowest BCUT2D eigenvalue weighted by Crippen LogP contribution is -2.19. The average Bonchev–Trinajstić information content (AvgIpc) is 2.94. The van der Waals surface area contributed by atoms with Crippen molar-refractivity contribution in [3.05, 3.63) is 49.1 Å². The molecule has 0 aliphatic heterocycles. The molecule has 0 aliphatic carbocycles. The molecular formula is C14H13N5OS. The first-order chi connectivity index (χ1) is 10.2. The van der Waals surface area contributed by atoms with Crippen molar-refractivity contribution in [3.8, 4) is 6.07 Å². The highest BCUT2D eigenvalue weighted by Gasteiger charge is 2.08. The third kappa shape index (κ3) is 4.19. The molecule has 0 aliphatic rings. The van der Waals surface area contributed by atoms with Crippen LogP contribution in [-0.4, -0.2) is 26.4 Å². The number of thioether (sulfide) groups is 1. The number of benzene rings is 1. The Labute approximate surface area is 126 Å². The summed E-state index contributed by atoms with van der Waals surface area (Å²) in [6.45, 7) is 3.69. The molecule has 2 aromatic rings. The van der Waals surface area contributed by atoms with Crippen LogP contribution >= 0.6 is 11.8 Å². The van der Waals surface area contributed by atoms with Gasteiger partial charge in [0.1, 0.15) is 18.9 Å². The zero-order chi connectivity index (χ0) is 15.1. The van der Waals surface area contributed by atoms with Gasteiger partial charge in [0.15, 0.2) is 0 Å². The van der Waals surface area contributed by atoms with E-state index in [9.17, 15) is 4.79 Å². The highest BCUT2D eigenvalue weighted by atomic mass is 32.2. The molecule has 6 nitrogen and oxygen atoms in total. The molecule has 0 saturated heterocycles. The molecule has 21 heavy (non-hydrogen) atoms. The van der Waals surface area contributed by atoms with Crippen molar-refractivity contribution in [2.24, 2.45) is 0 Å². The van der Waals surface area contributed by atoms with Gasteiger partial charge in [0.25, 0.3) is 5.82 Å². The minimum atomic E-state index is -0.226. The van der Waals surface area contributed by atoms with Crippen LogP contribution in [0.5, 0.6) is 0 Å². The van der Waals surface area contributed by atoms with E-state index in [1.54, 1.807) is 11.8 Å². The molecule has 0 radical (unpaired) electrons. The number of nitrogens with one attached hydrogen (secondary N) is 1. The number of carbonyl (C=O) groups excluding carboxylic acids is 1. The summed E-state index contributed by atoms with van der Waals surface area (Å²) >= 11 is 1.59. The SMILES string of the molecule is C=CCSc1ccccc1NC(=O)Cn1cnc(C#N)n1. The van der Waals surface area contributed by atoms with E-state index >= 15 is 0 Å². The van der Waals surface area contributed by atoms with Crippen LogP contribution in [0.4, 0.5) is 5.69 Å². The maximum absolute atomic E-state index is 12.0. The molecule has 7 heteroatoms. The first kappa shape index (κ1) is 14.8. The maximum atomic E-state index is 12.0. The Morgan fingerprint density at radius 3 is 3.05 bits per heavy atom. The summed E-state index contributed by atoms with van der Waals surface area (Å²) in [7, 11) is 0. The van der Waals surface area contributed by atoms with Gasteiger partial charge in [-0.15, -0.1) is 23.4 Å². The number of amides is 1. The number of carbonyl (C=O) groups is 1. The zero-order valence-electron chi connectivity index (χ0n) is 11.2. The first-order valence-electron chi connectivity index (χ1n) is 6.15. The molecule has 1 heterocycles. The van der Waals surface area contributed by atoms with E-state index in [1.165, 1.54) is 11.0 Å². The fourth-order valence-electron chi connectivity index (χ4n) is 1.60. The summed E-state index contributed by atoms with van der Waals surface area (Å²) in [5.74, 6) is 0.586. The number of rotatable bonds is 6. The molecule has 0 atom stereocenters. The van der Waals surface area contributed by atoms with Gasteiger partial charge in [-0.1, -0.05) is 18.2 Å². The van der Waals surface area contributed by atoms with Crippen molar-refractivity contribution in [2.75, 3.05) is 11.1 Å². The zero-order valence-corrected chi connectivity index (χ0v) is 12.0. The molecule has 0 fully saturated rings. The van der Waals surface area contributed by atoms with Crippen LogP contribution in [0.25, 0.3) is 0 Å². The van der Waals surface area contributed by atoms with Crippen molar-refractivity contribution in [2.45, 2.75) is 11.4 Å². The number of aromatic nitrogens is 3. The van der Waals surface area contributed by atoms with Gasteiger partial charge in [-0.25, -0.2) is 9.67 Å². The molecule has 1 amide bonds. The number of hydrogen-bond donors (Lipinski definition) is 1. The Bertz CT molecular complexity index is 689. The quantitative estimate of drug-likeness (QED) is 0.652. The number of nitriles is 1. The Balaban J connectivity index is 2.02. The number of anilines is 1. The summed E-state index contributed by atoms with van der Waals surface area (Å²) in [5.41, 5.74) is 0.745. The van der Waals surface area contributed by atoms with Gasteiger partial charge in [0.05, 0.1) is 5.69 Å². The lowest BCUT2D eigenvalue weighted by Gasteiger charge is -2.09. The molecule has 0 spiro atoms. The van der Waals surface area contributed by atoms with E-state index in [0.717, 1.165) is 16.3 Å². The highest BCUT2D eigenvalue weighted by Crippen LogP contribution is 2.26. The maximum Gasteiger partial charge on any atom is 0.252 e. The number of hydrogen-bond acceptors (Lipinski definition) is 5. The van der Waals surface area contributed by atoms with E-state index in [-0.39, 0.29) is 18.3 Å². The molecular weight excluding hydrogens is 286 g/mol. The van der Waals surface area contributed by atoms with Crippen molar-refractivity contribution in [3.63, 3.8) is 0 Å². The second kappa shape index (κ2) is 7.26. The summed E-state index contributed by atoms with van der Waals surface area (Å²) < 4.78 is 1.33. The van der Waals surface area contributed by atoms with Gasteiger partial charge in [0, 0.05) is 10.6 Å². The normalized spacial score (nSPS) is 9.86. The van der Waals surface area contributed by atoms with Gasteiger partial charge in [-0.2, -0.15) is 5.26 Å². The van der Waals surface area contributed by atoms with Crippen molar-refractivity contribution >= 4 is 23.4 Å². The van der Waals surface area contributed by atoms with Crippen LogP contribution in [0.2, 0.25) is 0 Å². The van der Waals surface area contributed by atoms with Crippen LogP contribution in [0.1, 0.15) is 5.82 Å². The van der Waals surface area contributed by atoms with Crippen molar-refractivity contribution < 1.29 is 4.79 Å². The predicted octanol–water partition coefficient (Wildman–Crippen LogP) is 2.07. The molecule has 1 N–H and O–H groups in total. The molecule has 1 aromatic heterocycles. The minimum absolute atomic E-state index is 0.00907. The van der Waals surface area contributed by atoms with Crippen LogP contribution in [0, 0.1) is 11.3 Å². The Morgan fingerprint density at radius 2 is 2.33 bits per heavy atom. The Hall–Kier alpha value is -2.59. The third-order valence-electron chi connectivity index (χ3n) is 2.46. The molecule has 0 bridgehead atoms. The van der Waals surface area contributed by atoms with Crippen LogP contribution in [0.15, 0.2) is 48.1 Å². The van der Waals surface area contributed by atoms with Crippen LogP contribution in [-0.2, 0) is 11.3 Å². The Kier molecular flexibility index (Phi) is 5.12. The van der Waals surface area contributed by atoms with Crippen molar-refractivity contribution in [1.82, 2.24) is 14.8 Å². The summed E-state index contributed by atoms with van der Waals surface area (Å²) in [5, 5.41) is 15.3. The van der Waals surface area contributed by atoms with Crippen LogP contribution < -0.4 is 5.32 Å². The monoisotopic (exact) mass is 299 g/mol. The highest BCUT2D eigenvalue weighted by molar-refractivity contribution is 7.99. The van der Waals surface area contributed by atoms with E-state index in [1.807, 2.05) is 36.4 Å². The van der Waals surface area contributed by atoms with Gasteiger partial charge in [-0.3, -0.25) is 4.79 Å². The summed E-state index contributed by atoms with van der Waals surface area (Å²) in [4.78, 5) is 16.7. The van der Waals surface area contributed by atoms with Gasteiger partial charge in [-0.05, 0) is 12.1 Å². The number of nitrogens with zero attached hydrogens (tertiary/aromatic N) is 4. The second-order valence-corrected chi connectivity index (χ2v) is 5.08. The molecule has 0 saturated carbocycles. The smallest absolute Gasteiger partial charge is 0.252 e. The molecule has 1 aromatic carbocycles. The number of para-hydroxylation sites is 1.